The van der Waals surface area contributed by atoms with Crippen LogP contribution < -0.4 is 14.8 Å². The molecule has 0 aliphatic carbocycles. The molecule has 5 nitrogen and oxygen atoms in total. The van der Waals surface area contributed by atoms with Crippen molar-refractivity contribution in [1.29, 1.82) is 0 Å². The topological polar surface area (TPSA) is 56.8 Å². The molecule has 0 aromatic heterocycles. The number of rotatable bonds is 4. The Labute approximate surface area is 94.3 Å². The van der Waals surface area contributed by atoms with Crippen LogP contribution in [0.2, 0.25) is 0 Å². The third kappa shape index (κ3) is 3.05. The number of ether oxygens (including phenoxy) is 3. The van der Waals surface area contributed by atoms with E-state index in [1.165, 1.54) is 7.11 Å². The molecular formula is C11H15NO4. The van der Waals surface area contributed by atoms with Crippen molar-refractivity contribution in [2.75, 3.05) is 26.1 Å². The molecule has 1 amide bonds. The van der Waals surface area contributed by atoms with Gasteiger partial charge in [-0.2, -0.15) is 0 Å². The molecule has 0 atom stereocenters. The first-order chi connectivity index (χ1) is 7.71. The Balaban J connectivity index is 2.83. The molecule has 1 aromatic rings. The summed E-state index contributed by atoms with van der Waals surface area (Å²) < 4.78 is 14.9. The van der Waals surface area contributed by atoms with E-state index in [2.05, 4.69) is 5.32 Å². The standard InChI is InChI=1S/C11H15NO4/c1-4-16-11(13)12-9-6-5-8(14-2)7-10(9)15-3/h5-7H,4H2,1-3H3,(H,12,13). The number of benzene rings is 1. The predicted octanol–water partition coefficient (Wildman–Crippen LogP) is 2.27. The van der Waals surface area contributed by atoms with Gasteiger partial charge in [0.1, 0.15) is 11.5 Å². The number of carbonyl (C=O) groups is 1. The maximum Gasteiger partial charge on any atom is 0.411 e. The molecule has 0 radical (unpaired) electrons. The van der Waals surface area contributed by atoms with Gasteiger partial charge in [0.25, 0.3) is 0 Å². The van der Waals surface area contributed by atoms with Crippen LogP contribution in [0.1, 0.15) is 6.92 Å². The van der Waals surface area contributed by atoms with E-state index in [0.29, 0.717) is 23.8 Å². The van der Waals surface area contributed by atoms with Crippen LogP contribution in [0.15, 0.2) is 18.2 Å². The second kappa shape index (κ2) is 5.85. The molecule has 0 fully saturated rings. The zero-order chi connectivity index (χ0) is 12.0. The maximum absolute atomic E-state index is 11.2. The summed E-state index contributed by atoms with van der Waals surface area (Å²) in [5.41, 5.74) is 0.543. The van der Waals surface area contributed by atoms with Gasteiger partial charge in [0.2, 0.25) is 0 Å². The van der Waals surface area contributed by atoms with Crippen LogP contribution in [0.3, 0.4) is 0 Å². The SMILES string of the molecule is CCOC(=O)Nc1ccc(OC)cc1OC. The molecule has 16 heavy (non-hydrogen) atoms. The average molecular weight is 225 g/mol. The predicted molar refractivity (Wildman–Crippen MR) is 60.2 cm³/mol. The minimum absolute atomic E-state index is 0.324. The highest BCUT2D eigenvalue weighted by Crippen LogP contribution is 2.28. The van der Waals surface area contributed by atoms with Crippen LogP contribution in [-0.4, -0.2) is 26.9 Å². The quantitative estimate of drug-likeness (QED) is 0.854. The van der Waals surface area contributed by atoms with Gasteiger partial charge in [-0.1, -0.05) is 0 Å². The first-order valence-corrected chi connectivity index (χ1v) is 4.87. The molecule has 0 saturated heterocycles. The lowest BCUT2D eigenvalue weighted by Crippen LogP contribution is -2.13. The Hall–Kier alpha value is -1.91. The molecule has 0 spiro atoms. The van der Waals surface area contributed by atoms with Gasteiger partial charge in [-0.05, 0) is 19.1 Å². The molecule has 88 valence electrons. The molecule has 0 saturated carbocycles. The van der Waals surface area contributed by atoms with Gasteiger partial charge in [-0.15, -0.1) is 0 Å². The Morgan fingerprint density at radius 2 is 2.06 bits per heavy atom. The smallest absolute Gasteiger partial charge is 0.411 e. The van der Waals surface area contributed by atoms with Crippen LogP contribution in [-0.2, 0) is 4.74 Å². The van der Waals surface area contributed by atoms with E-state index in [0.717, 1.165) is 0 Å². The lowest BCUT2D eigenvalue weighted by molar-refractivity contribution is 0.168. The van der Waals surface area contributed by atoms with E-state index in [9.17, 15) is 4.79 Å². The van der Waals surface area contributed by atoms with Gasteiger partial charge in [0, 0.05) is 6.07 Å². The van der Waals surface area contributed by atoms with E-state index in [-0.39, 0.29) is 0 Å². The molecule has 5 heteroatoms. The molecule has 1 aromatic carbocycles. The van der Waals surface area contributed by atoms with Crippen LogP contribution >= 0.6 is 0 Å². The first-order valence-electron chi connectivity index (χ1n) is 4.87. The van der Waals surface area contributed by atoms with Gasteiger partial charge in [0.15, 0.2) is 0 Å². The molecule has 0 bridgehead atoms. The average Bonchev–Trinajstić information content (AvgIpc) is 2.30. The van der Waals surface area contributed by atoms with Crippen molar-refractivity contribution < 1.29 is 19.0 Å². The molecule has 1 N–H and O–H groups in total. The van der Waals surface area contributed by atoms with E-state index in [1.807, 2.05) is 0 Å². The van der Waals surface area contributed by atoms with Crippen molar-refractivity contribution in [3.8, 4) is 11.5 Å². The van der Waals surface area contributed by atoms with Gasteiger partial charge in [0.05, 0.1) is 26.5 Å². The van der Waals surface area contributed by atoms with Crippen molar-refractivity contribution >= 4 is 11.8 Å². The van der Waals surface area contributed by atoms with E-state index in [1.54, 1.807) is 32.2 Å². The number of anilines is 1. The van der Waals surface area contributed by atoms with Crippen LogP contribution in [0.25, 0.3) is 0 Å². The van der Waals surface area contributed by atoms with Crippen molar-refractivity contribution in [2.24, 2.45) is 0 Å². The van der Waals surface area contributed by atoms with Crippen molar-refractivity contribution in [1.82, 2.24) is 0 Å². The zero-order valence-electron chi connectivity index (χ0n) is 9.57. The monoisotopic (exact) mass is 225 g/mol. The summed E-state index contributed by atoms with van der Waals surface area (Å²) >= 11 is 0. The number of amides is 1. The van der Waals surface area contributed by atoms with Crippen molar-refractivity contribution in [3.05, 3.63) is 18.2 Å². The summed E-state index contributed by atoms with van der Waals surface area (Å²) in [6, 6.07) is 5.10. The Bertz CT molecular complexity index is 365. The van der Waals surface area contributed by atoms with Crippen molar-refractivity contribution in [2.45, 2.75) is 6.92 Å². The second-order valence-corrected chi connectivity index (χ2v) is 2.91. The van der Waals surface area contributed by atoms with Crippen LogP contribution in [0, 0.1) is 0 Å². The highest BCUT2D eigenvalue weighted by atomic mass is 16.5. The number of nitrogens with one attached hydrogen (secondary N) is 1. The number of hydrogen-bond donors (Lipinski definition) is 1. The van der Waals surface area contributed by atoms with Gasteiger partial charge >= 0.3 is 6.09 Å². The fourth-order valence-corrected chi connectivity index (χ4v) is 1.18. The highest BCUT2D eigenvalue weighted by molar-refractivity contribution is 5.86. The molecule has 0 aliphatic rings. The van der Waals surface area contributed by atoms with Gasteiger partial charge in [-0.3, -0.25) is 5.32 Å². The number of methoxy groups -OCH3 is 2. The second-order valence-electron chi connectivity index (χ2n) is 2.91. The minimum Gasteiger partial charge on any atom is -0.497 e. The highest BCUT2D eigenvalue weighted by Gasteiger charge is 2.08. The molecule has 0 unspecified atom stereocenters. The van der Waals surface area contributed by atoms with Crippen LogP contribution in [0.4, 0.5) is 10.5 Å². The normalized spacial score (nSPS) is 9.44. The zero-order valence-corrected chi connectivity index (χ0v) is 9.57. The van der Waals surface area contributed by atoms with Gasteiger partial charge in [-0.25, -0.2) is 4.79 Å². The largest absolute Gasteiger partial charge is 0.497 e. The lowest BCUT2D eigenvalue weighted by atomic mass is 10.3. The third-order valence-electron chi connectivity index (χ3n) is 1.92. The fourth-order valence-electron chi connectivity index (χ4n) is 1.18. The summed E-state index contributed by atoms with van der Waals surface area (Å²) in [4.78, 5) is 11.2. The Kier molecular flexibility index (Phi) is 4.44. The maximum atomic E-state index is 11.2. The number of carbonyl (C=O) groups excluding carboxylic acids is 1. The summed E-state index contributed by atoms with van der Waals surface area (Å²) in [5.74, 6) is 1.18. The van der Waals surface area contributed by atoms with Gasteiger partial charge < -0.3 is 14.2 Å². The first kappa shape index (κ1) is 12.2. The summed E-state index contributed by atoms with van der Waals surface area (Å²) in [6.07, 6.45) is -0.508. The van der Waals surface area contributed by atoms with E-state index < -0.39 is 6.09 Å². The number of hydrogen-bond acceptors (Lipinski definition) is 4. The summed E-state index contributed by atoms with van der Waals surface area (Å²) in [6.45, 7) is 2.06. The third-order valence-corrected chi connectivity index (χ3v) is 1.92. The molecule has 0 aliphatic heterocycles. The minimum atomic E-state index is -0.508. The Morgan fingerprint density at radius 3 is 2.62 bits per heavy atom. The summed E-state index contributed by atoms with van der Waals surface area (Å²) in [7, 11) is 3.08. The fraction of sp³-hybridized carbons (Fsp3) is 0.364. The molecule has 0 heterocycles. The van der Waals surface area contributed by atoms with E-state index >= 15 is 0 Å². The Morgan fingerprint density at radius 1 is 1.31 bits per heavy atom. The van der Waals surface area contributed by atoms with E-state index in [4.69, 9.17) is 14.2 Å². The molecular weight excluding hydrogens is 210 g/mol. The molecule has 1 rings (SSSR count). The lowest BCUT2D eigenvalue weighted by Gasteiger charge is -2.11. The van der Waals surface area contributed by atoms with Crippen molar-refractivity contribution in [3.63, 3.8) is 0 Å². The van der Waals surface area contributed by atoms with Crippen LogP contribution in [0.5, 0.6) is 11.5 Å². The summed E-state index contributed by atoms with van der Waals surface area (Å²) in [5, 5.41) is 2.57.